The average molecular weight is 247 g/mol. The van der Waals surface area contributed by atoms with Crippen molar-refractivity contribution in [3.63, 3.8) is 0 Å². The number of fused-ring (bicyclic) bond motifs is 1. The van der Waals surface area contributed by atoms with Gasteiger partial charge in [-0.15, -0.1) is 0 Å². The lowest BCUT2D eigenvalue weighted by atomic mass is 9.93. The van der Waals surface area contributed by atoms with Gasteiger partial charge in [0, 0.05) is 19.8 Å². The molecule has 98 valence electrons. The van der Waals surface area contributed by atoms with Crippen molar-refractivity contribution in [2.24, 2.45) is 0 Å². The number of benzene rings is 1. The van der Waals surface area contributed by atoms with E-state index in [2.05, 4.69) is 38.9 Å². The van der Waals surface area contributed by atoms with Crippen molar-refractivity contribution in [2.45, 2.75) is 39.0 Å². The highest BCUT2D eigenvalue weighted by molar-refractivity contribution is 5.70. The van der Waals surface area contributed by atoms with Crippen LogP contribution in [0.1, 0.15) is 41.0 Å². The zero-order valence-electron chi connectivity index (χ0n) is 11.6. The summed E-state index contributed by atoms with van der Waals surface area (Å²) in [6.07, 6.45) is 2.24. The van der Waals surface area contributed by atoms with Crippen LogP contribution in [-0.4, -0.2) is 25.2 Å². The number of carbonyl (C=O) groups is 1. The van der Waals surface area contributed by atoms with Crippen molar-refractivity contribution in [3.05, 3.63) is 28.3 Å². The van der Waals surface area contributed by atoms with Crippen LogP contribution >= 0.6 is 0 Å². The lowest BCUT2D eigenvalue weighted by Crippen LogP contribution is -2.13. The summed E-state index contributed by atoms with van der Waals surface area (Å²) in [7, 11) is 4.12. The van der Waals surface area contributed by atoms with Gasteiger partial charge in [0.25, 0.3) is 0 Å². The van der Waals surface area contributed by atoms with Crippen LogP contribution in [-0.2, 0) is 11.2 Å². The first kappa shape index (κ1) is 12.9. The van der Waals surface area contributed by atoms with E-state index in [4.69, 9.17) is 5.11 Å². The second kappa shape index (κ2) is 4.63. The van der Waals surface area contributed by atoms with Crippen LogP contribution in [0.15, 0.2) is 6.07 Å². The second-order valence-electron chi connectivity index (χ2n) is 5.46. The Hall–Kier alpha value is -1.51. The summed E-state index contributed by atoms with van der Waals surface area (Å²) < 4.78 is 0. The van der Waals surface area contributed by atoms with Crippen LogP contribution in [0.25, 0.3) is 0 Å². The molecule has 1 aliphatic carbocycles. The topological polar surface area (TPSA) is 40.5 Å². The van der Waals surface area contributed by atoms with E-state index in [1.54, 1.807) is 0 Å². The maximum absolute atomic E-state index is 10.9. The maximum Gasteiger partial charge on any atom is 0.303 e. The van der Waals surface area contributed by atoms with Crippen molar-refractivity contribution in [3.8, 4) is 0 Å². The van der Waals surface area contributed by atoms with Gasteiger partial charge in [0.1, 0.15) is 0 Å². The molecule has 0 radical (unpaired) electrons. The van der Waals surface area contributed by atoms with Crippen molar-refractivity contribution < 1.29 is 9.90 Å². The molecule has 0 fully saturated rings. The van der Waals surface area contributed by atoms with Crippen molar-refractivity contribution in [1.29, 1.82) is 0 Å². The number of hydrogen-bond donors (Lipinski definition) is 1. The van der Waals surface area contributed by atoms with Crippen LogP contribution in [0.4, 0.5) is 5.69 Å². The molecule has 1 aromatic rings. The Morgan fingerprint density at radius 3 is 2.67 bits per heavy atom. The molecule has 3 nitrogen and oxygen atoms in total. The molecule has 1 atom stereocenters. The van der Waals surface area contributed by atoms with E-state index in [0.29, 0.717) is 0 Å². The summed E-state index contributed by atoms with van der Waals surface area (Å²) in [5, 5.41) is 8.97. The average Bonchev–Trinajstić information content (AvgIpc) is 2.60. The standard InChI is InChI=1S/C15H21NO2/c1-9-7-13-11(8-14(17)18)5-6-12(13)10(2)15(9)16(3)4/h7,11H,5-6,8H2,1-4H3,(H,17,18)/t11-/m1/s1. The molecule has 1 aliphatic rings. The van der Waals surface area contributed by atoms with E-state index in [0.717, 1.165) is 12.8 Å². The summed E-state index contributed by atoms with van der Waals surface area (Å²) in [4.78, 5) is 13.1. The molecule has 0 aliphatic heterocycles. The highest BCUT2D eigenvalue weighted by Gasteiger charge is 2.27. The highest BCUT2D eigenvalue weighted by Crippen LogP contribution is 2.41. The van der Waals surface area contributed by atoms with E-state index in [-0.39, 0.29) is 12.3 Å². The monoisotopic (exact) mass is 247 g/mol. The smallest absolute Gasteiger partial charge is 0.303 e. The normalized spacial score (nSPS) is 17.7. The zero-order valence-corrected chi connectivity index (χ0v) is 11.6. The Labute approximate surface area is 108 Å². The van der Waals surface area contributed by atoms with Gasteiger partial charge in [-0.05, 0) is 54.9 Å². The predicted molar refractivity (Wildman–Crippen MR) is 73.6 cm³/mol. The molecule has 0 saturated heterocycles. The van der Waals surface area contributed by atoms with E-state index < -0.39 is 5.97 Å². The summed E-state index contributed by atoms with van der Waals surface area (Å²) in [6, 6.07) is 2.19. The minimum absolute atomic E-state index is 0.200. The van der Waals surface area contributed by atoms with E-state index in [1.807, 2.05) is 0 Å². The zero-order chi connectivity index (χ0) is 13.4. The number of rotatable bonds is 3. The SMILES string of the molecule is Cc1cc2c(c(C)c1N(C)C)CC[C@@H]2CC(=O)O. The fraction of sp³-hybridized carbons (Fsp3) is 0.533. The van der Waals surface area contributed by atoms with Crippen LogP contribution in [0.2, 0.25) is 0 Å². The maximum atomic E-state index is 10.9. The molecule has 0 spiro atoms. The van der Waals surface area contributed by atoms with Gasteiger partial charge in [-0.1, -0.05) is 6.07 Å². The number of aryl methyl sites for hydroxylation is 1. The highest BCUT2D eigenvalue weighted by atomic mass is 16.4. The number of anilines is 1. The fourth-order valence-corrected chi connectivity index (χ4v) is 3.32. The van der Waals surface area contributed by atoms with Crippen molar-refractivity contribution in [1.82, 2.24) is 0 Å². The predicted octanol–water partition coefficient (Wildman–Crippen LogP) is 2.87. The Bertz CT molecular complexity index is 492. The molecule has 0 saturated carbocycles. The van der Waals surface area contributed by atoms with Crippen LogP contribution < -0.4 is 4.90 Å². The molecule has 0 unspecified atom stereocenters. The van der Waals surface area contributed by atoms with Gasteiger partial charge in [-0.25, -0.2) is 0 Å². The van der Waals surface area contributed by atoms with Crippen LogP contribution in [0.5, 0.6) is 0 Å². The lowest BCUT2D eigenvalue weighted by Gasteiger charge is -2.22. The number of carboxylic acid groups (broad SMARTS) is 1. The molecule has 0 amide bonds. The molecule has 1 aromatic carbocycles. The Morgan fingerprint density at radius 1 is 1.44 bits per heavy atom. The molecule has 0 bridgehead atoms. The van der Waals surface area contributed by atoms with Gasteiger partial charge < -0.3 is 10.0 Å². The van der Waals surface area contributed by atoms with Gasteiger partial charge in [0.05, 0.1) is 6.42 Å². The second-order valence-corrected chi connectivity index (χ2v) is 5.46. The molecule has 0 aromatic heterocycles. The fourth-order valence-electron chi connectivity index (χ4n) is 3.32. The molecule has 0 heterocycles. The van der Waals surface area contributed by atoms with Gasteiger partial charge in [-0.2, -0.15) is 0 Å². The molecule has 3 heteroatoms. The third-order valence-electron chi connectivity index (χ3n) is 3.95. The Kier molecular flexibility index (Phi) is 3.33. The van der Waals surface area contributed by atoms with Gasteiger partial charge in [0.15, 0.2) is 0 Å². The van der Waals surface area contributed by atoms with Crippen LogP contribution in [0.3, 0.4) is 0 Å². The van der Waals surface area contributed by atoms with E-state index in [1.165, 1.54) is 27.9 Å². The lowest BCUT2D eigenvalue weighted by molar-refractivity contribution is -0.137. The number of nitrogens with zero attached hydrogens (tertiary/aromatic N) is 1. The van der Waals surface area contributed by atoms with Crippen LogP contribution in [0, 0.1) is 13.8 Å². The first-order valence-electron chi connectivity index (χ1n) is 6.44. The van der Waals surface area contributed by atoms with Gasteiger partial charge in [-0.3, -0.25) is 4.79 Å². The molecule has 18 heavy (non-hydrogen) atoms. The summed E-state index contributed by atoms with van der Waals surface area (Å²) in [5.41, 5.74) is 6.48. The number of aliphatic carboxylic acids is 1. The van der Waals surface area contributed by atoms with Crippen molar-refractivity contribution in [2.75, 3.05) is 19.0 Å². The Balaban J connectivity index is 2.47. The Morgan fingerprint density at radius 2 is 2.11 bits per heavy atom. The third kappa shape index (κ3) is 2.09. The first-order chi connectivity index (χ1) is 8.41. The largest absolute Gasteiger partial charge is 0.481 e. The number of carboxylic acids is 1. The van der Waals surface area contributed by atoms with Gasteiger partial charge in [0.2, 0.25) is 0 Å². The quantitative estimate of drug-likeness (QED) is 0.893. The summed E-state index contributed by atoms with van der Waals surface area (Å²) in [5.74, 6) is -0.494. The first-order valence-corrected chi connectivity index (χ1v) is 6.44. The van der Waals surface area contributed by atoms with E-state index in [9.17, 15) is 4.79 Å². The molecule has 2 rings (SSSR count). The van der Waals surface area contributed by atoms with Gasteiger partial charge >= 0.3 is 5.97 Å². The number of hydrogen-bond acceptors (Lipinski definition) is 2. The summed E-state index contributed by atoms with van der Waals surface area (Å²) >= 11 is 0. The minimum atomic E-state index is -0.695. The molecular formula is C15H21NO2. The molecular weight excluding hydrogens is 226 g/mol. The van der Waals surface area contributed by atoms with Crippen molar-refractivity contribution >= 4 is 11.7 Å². The van der Waals surface area contributed by atoms with E-state index >= 15 is 0 Å². The third-order valence-corrected chi connectivity index (χ3v) is 3.95. The minimum Gasteiger partial charge on any atom is -0.481 e. The summed E-state index contributed by atoms with van der Waals surface area (Å²) in [6.45, 7) is 4.27. The molecule has 1 N–H and O–H groups in total.